The van der Waals surface area contributed by atoms with Crippen LogP contribution in [0, 0.1) is 11.8 Å². The van der Waals surface area contributed by atoms with Gasteiger partial charge in [-0.1, -0.05) is 13.0 Å². The van der Waals surface area contributed by atoms with Gasteiger partial charge in [0.25, 0.3) is 0 Å². The normalized spacial score (nSPS) is 23.5. The maximum Gasteiger partial charge on any atom is 0.224 e. The molecule has 2 aromatic rings. The van der Waals surface area contributed by atoms with Gasteiger partial charge in [0, 0.05) is 37.7 Å². The third-order valence-electron chi connectivity index (χ3n) is 5.42. The first-order chi connectivity index (χ1) is 12.2. The molecule has 1 saturated heterocycles. The fraction of sp³-hybridized carbons (Fsp3) is 0.500. The number of piperidine rings is 1. The van der Waals surface area contributed by atoms with Crippen molar-refractivity contribution >= 4 is 11.7 Å². The number of amides is 1. The van der Waals surface area contributed by atoms with E-state index < -0.39 is 0 Å². The maximum atomic E-state index is 12.2. The molecule has 0 aromatic carbocycles. The number of furan rings is 1. The van der Waals surface area contributed by atoms with Crippen LogP contribution >= 0.6 is 0 Å². The molecule has 2 aliphatic rings. The number of carbonyl (C=O) groups excluding carboxylic acids is 1. The van der Waals surface area contributed by atoms with Gasteiger partial charge in [-0.25, -0.2) is 4.98 Å². The highest BCUT2D eigenvalue weighted by Crippen LogP contribution is 2.47. The van der Waals surface area contributed by atoms with Crippen LogP contribution in [0.2, 0.25) is 0 Å². The minimum atomic E-state index is 0.0497. The van der Waals surface area contributed by atoms with Gasteiger partial charge < -0.3 is 14.6 Å². The summed E-state index contributed by atoms with van der Waals surface area (Å²) < 4.78 is 5.38. The summed E-state index contributed by atoms with van der Waals surface area (Å²) >= 11 is 0. The summed E-state index contributed by atoms with van der Waals surface area (Å²) in [5.74, 6) is 3.18. The molecule has 2 atom stereocenters. The van der Waals surface area contributed by atoms with Crippen molar-refractivity contribution in [2.75, 3.05) is 18.0 Å². The number of nitrogens with one attached hydrogen (secondary N) is 1. The number of nitrogens with zero attached hydrogens (tertiary/aromatic N) is 2. The standard InChI is InChI=1S/C20H25N3O2/c1-14-6-8-23(9-7-14)19-5-4-15(12-21-19)13-22-20(24)17-11-16(17)18-3-2-10-25-18/h2-5,10,12,14,16-17H,6-9,11,13H2,1H3,(H,22,24). The monoisotopic (exact) mass is 339 g/mol. The molecule has 25 heavy (non-hydrogen) atoms. The number of anilines is 1. The molecule has 3 heterocycles. The van der Waals surface area contributed by atoms with Crippen molar-refractivity contribution in [3.05, 3.63) is 48.0 Å². The lowest BCUT2D eigenvalue weighted by Crippen LogP contribution is -2.33. The van der Waals surface area contributed by atoms with Crippen LogP contribution in [0.25, 0.3) is 0 Å². The molecule has 1 saturated carbocycles. The zero-order chi connectivity index (χ0) is 17.2. The second kappa shape index (κ2) is 6.90. The zero-order valence-corrected chi connectivity index (χ0v) is 14.6. The SMILES string of the molecule is CC1CCN(c2ccc(CNC(=O)C3CC3c3ccco3)cn2)CC1. The Kier molecular flexibility index (Phi) is 4.47. The predicted molar refractivity (Wildman–Crippen MR) is 96.3 cm³/mol. The van der Waals surface area contributed by atoms with Gasteiger partial charge in [-0.2, -0.15) is 0 Å². The smallest absolute Gasteiger partial charge is 0.224 e. The molecule has 2 aromatic heterocycles. The number of hydrogen-bond acceptors (Lipinski definition) is 4. The summed E-state index contributed by atoms with van der Waals surface area (Å²) in [7, 11) is 0. The largest absolute Gasteiger partial charge is 0.469 e. The van der Waals surface area contributed by atoms with Crippen LogP contribution in [0.4, 0.5) is 5.82 Å². The molecular weight excluding hydrogens is 314 g/mol. The first-order valence-corrected chi connectivity index (χ1v) is 9.21. The van der Waals surface area contributed by atoms with E-state index in [1.54, 1.807) is 6.26 Å². The van der Waals surface area contributed by atoms with Crippen LogP contribution in [-0.2, 0) is 11.3 Å². The molecule has 1 aliphatic heterocycles. The highest BCUT2D eigenvalue weighted by molar-refractivity contribution is 5.82. The van der Waals surface area contributed by atoms with Gasteiger partial charge in [0.2, 0.25) is 5.91 Å². The predicted octanol–water partition coefficient (Wildman–Crippen LogP) is 3.33. The van der Waals surface area contributed by atoms with E-state index in [-0.39, 0.29) is 17.7 Å². The summed E-state index contributed by atoms with van der Waals surface area (Å²) in [5.41, 5.74) is 1.04. The summed E-state index contributed by atoms with van der Waals surface area (Å²) in [6, 6.07) is 7.96. The Labute approximate surface area is 148 Å². The van der Waals surface area contributed by atoms with Gasteiger partial charge in [0.15, 0.2) is 0 Å². The lowest BCUT2D eigenvalue weighted by atomic mass is 9.99. The van der Waals surface area contributed by atoms with Crippen molar-refractivity contribution in [3.63, 3.8) is 0 Å². The van der Waals surface area contributed by atoms with E-state index in [0.717, 1.165) is 42.6 Å². The number of carbonyl (C=O) groups is 1. The number of hydrogen-bond donors (Lipinski definition) is 1. The Morgan fingerprint density at radius 2 is 2.16 bits per heavy atom. The Balaban J connectivity index is 1.27. The fourth-order valence-electron chi connectivity index (χ4n) is 3.57. The van der Waals surface area contributed by atoms with E-state index in [9.17, 15) is 4.79 Å². The van der Waals surface area contributed by atoms with Crippen LogP contribution in [0.3, 0.4) is 0 Å². The van der Waals surface area contributed by atoms with Gasteiger partial charge in [0.05, 0.1) is 6.26 Å². The van der Waals surface area contributed by atoms with Crippen molar-refractivity contribution < 1.29 is 9.21 Å². The van der Waals surface area contributed by atoms with Crippen LogP contribution in [0.1, 0.15) is 43.4 Å². The third kappa shape index (κ3) is 3.70. The Morgan fingerprint density at radius 1 is 1.32 bits per heavy atom. The van der Waals surface area contributed by atoms with E-state index in [4.69, 9.17) is 4.42 Å². The van der Waals surface area contributed by atoms with Crippen molar-refractivity contribution in [1.82, 2.24) is 10.3 Å². The maximum absolute atomic E-state index is 12.2. The van der Waals surface area contributed by atoms with Crippen molar-refractivity contribution in [3.8, 4) is 0 Å². The summed E-state index contributed by atoms with van der Waals surface area (Å²) in [4.78, 5) is 19.2. The Hall–Kier alpha value is -2.30. The van der Waals surface area contributed by atoms with Crippen molar-refractivity contribution in [2.45, 2.75) is 38.6 Å². The topological polar surface area (TPSA) is 58.4 Å². The number of aromatic nitrogens is 1. The molecule has 132 valence electrons. The van der Waals surface area contributed by atoms with E-state index in [2.05, 4.69) is 34.3 Å². The molecule has 1 N–H and O–H groups in total. The first kappa shape index (κ1) is 16.2. The van der Waals surface area contributed by atoms with E-state index in [1.165, 1.54) is 12.8 Å². The lowest BCUT2D eigenvalue weighted by Gasteiger charge is -2.31. The van der Waals surface area contributed by atoms with Crippen LogP contribution < -0.4 is 10.2 Å². The Morgan fingerprint density at radius 3 is 2.84 bits per heavy atom. The molecule has 0 spiro atoms. The first-order valence-electron chi connectivity index (χ1n) is 9.21. The van der Waals surface area contributed by atoms with Crippen molar-refractivity contribution in [2.24, 2.45) is 11.8 Å². The van der Waals surface area contributed by atoms with E-state index in [0.29, 0.717) is 6.54 Å². The minimum absolute atomic E-state index is 0.0497. The second-order valence-electron chi connectivity index (χ2n) is 7.38. The van der Waals surface area contributed by atoms with E-state index >= 15 is 0 Å². The molecular formula is C20H25N3O2. The molecule has 5 nitrogen and oxygen atoms in total. The lowest BCUT2D eigenvalue weighted by molar-refractivity contribution is -0.122. The van der Waals surface area contributed by atoms with Crippen LogP contribution in [-0.4, -0.2) is 24.0 Å². The summed E-state index contributed by atoms with van der Waals surface area (Å²) in [5, 5.41) is 3.02. The van der Waals surface area contributed by atoms with Gasteiger partial charge in [-0.05, 0) is 48.9 Å². The van der Waals surface area contributed by atoms with Crippen LogP contribution in [0.5, 0.6) is 0 Å². The fourth-order valence-corrected chi connectivity index (χ4v) is 3.57. The highest BCUT2D eigenvalue weighted by Gasteiger charge is 2.45. The molecule has 0 radical (unpaired) electrons. The molecule has 5 heteroatoms. The van der Waals surface area contributed by atoms with E-state index in [1.807, 2.05) is 18.3 Å². The third-order valence-corrected chi connectivity index (χ3v) is 5.42. The number of rotatable bonds is 5. The molecule has 4 rings (SSSR count). The van der Waals surface area contributed by atoms with Crippen molar-refractivity contribution in [1.29, 1.82) is 0 Å². The molecule has 2 fully saturated rings. The second-order valence-corrected chi connectivity index (χ2v) is 7.38. The van der Waals surface area contributed by atoms with Crippen LogP contribution in [0.15, 0.2) is 41.1 Å². The highest BCUT2D eigenvalue weighted by atomic mass is 16.3. The average molecular weight is 339 g/mol. The number of pyridine rings is 1. The molecule has 1 aliphatic carbocycles. The minimum Gasteiger partial charge on any atom is -0.469 e. The van der Waals surface area contributed by atoms with Gasteiger partial charge in [0.1, 0.15) is 11.6 Å². The summed E-state index contributed by atoms with van der Waals surface area (Å²) in [6.45, 7) is 5.01. The molecule has 0 bridgehead atoms. The van der Waals surface area contributed by atoms with Gasteiger partial charge >= 0.3 is 0 Å². The van der Waals surface area contributed by atoms with Gasteiger partial charge in [-0.15, -0.1) is 0 Å². The van der Waals surface area contributed by atoms with Gasteiger partial charge in [-0.3, -0.25) is 4.79 Å². The molecule has 1 amide bonds. The Bertz CT molecular complexity index is 703. The average Bonchev–Trinajstić information content (AvgIpc) is 3.26. The molecule has 2 unspecified atom stereocenters. The zero-order valence-electron chi connectivity index (χ0n) is 14.6. The summed E-state index contributed by atoms with van der Waals surface area (Å²) in [6.07, 6.45) is 6.89. The quantitative estimate of drug-likeness (QED) is 0.908.